The van der Waals surface area contributed by atoms with E-state index in [-0.39, 0.29) is 31.0 Å². The maximum atomic E-state index is 13.5. The predicted octanol–water partition coefficient (Wildman–Crippen LogP) is 4.88. The third-order valence-corrected chi connectivity index (χ3v) is 5.94. The Morgan fingerprint density at radius 2 is 2.00 bits per heavy atom. The van der Waals surface area contributed by atoms with Crippen LogP contribution in [0.3, 0.4) is 0 Å². The molecule has 2 aromatic carbocycles. The van der Waals surface area contributed by atoms with Gasteiger partial charge in [0, 0.05) is 17.7 Å². The van der Waals surface area contributed by atoms with Gasteiger partial charge in [-0.1, -0.05) is 6.07 Å². The van der Waals surface area contributed by atoms with E-state index in [0.717, 1.165) is 10.6 Å². The van der Waals surface area contributed by atoms with Gasteiger partial charge in [0.05, 0.1) is 18.7 Å². The number of rotatable bonds is 8. The van der Waals surface area contributed by atoms with Crippen molar-refractivity contribution in [1.82, 2.24) is 4.98 Å². The molecule has 2 heterocycles. The minimum Gasteiger partial charge on any atom is -0.454 e. The largest absolute Gasteiger partial charge is 0.454 e. The first-order chi connectivity index (χ1) is 15.0. The zero-order valence-electron chi connectivity index (χ0n) is 17.3. The normalized spacial score (nSPS) is 13.3. The van der Waals surface area contributed by atoms with E-state index in [2.05, 4.69) is 4.98 Å². The third kappa shape index (κ3) is 5.03. The van der Waals surface area contributed by atoms with Gasteiger partial charge in [-0.3, -0.25) is 4.79 Å². The zero-order chi connectivity index (χ0) is 21.8. The number of halogens is 1. The van der Waals surface area contributed by atoms with Crippen molar-refractivity contribution in [3.63, 3.8) is 0 Å². The second kappa shape index (κ2) is 9.45. The molecule has 162 valence electrons. The highest BCUT2D eigenvalue weighted by atomic mass is 32.1. The second-order valence-electron chi connectivity index (χ2n) is 7.10. The predicted molar refractivity (Wildman–Crippen MR) is 116 cm³/mol. The quantitative estimate of drug-likeness (QED) is 0.497. The summed E-state index contributed by atoms with van der Waals surface area (Å²) in [5.41, 5.74) is 2.18. The topological polar surface area (TPSA) is 60.9 Å². The van der Waals surface area contributed by atoms with E-state index in [0.29, 0.717) is 36.0 Å². The highest BCUT2D eigenvalue weighted by molar-refractivity contribution is 7.09. The number of carbonyl (C=O) groups excluding carboxylic acids is 1. The van der Waals surface area contributed by atoms with E-state index in [1.807, 2.05) is 37.4 Å². The van der Waals surface area contributed by atoms with Crippen molar-refractivity contribution in [2.75, 3.05) is 18.3 Å². The molecule has 8 heteroatoms. The summed E-state index contributed by atoms with van der Waals surface area (Å²) >= 11 is 1.48. The molecule has 1 aromatic heterocycles. The monoisotopic (exact) mass is 442 g/mol. The molecule has 0 saturated carbocycles. The fourth-order valence-corrected chi connectivity index (χ4v) is 4.15. The Labute approximate surface area is 184 Å². The first kappa shape index (κ1) is 21.3. The molecule has 1 amide bonds. The molecule has 0 spiro atoms. The Balaban J connectivity index is 1.55. The van der Waals surface area contributed by atoms with Crippen LogP contribution >= 0.6 is 11.3 Å². The van der Waals surface area contributed by atoms with E-state index < -0.39 is 0 Å². The van der Waals surface area contributed by atoms with Gasteiger partial charge in [-0.15, -0.1) is 11.3 Å². The summed E-state index contributed by atoms with van der Waals surface area (Å²) in [5, 5.41) is 2.72. The van der Waals surface area contributed by atoms with Crippen molar-refractivity contribution >= 4 is 22.9 Å². The van der Waals surface area contributed by atoms with Gasteiger partial charge in [-0.05, 0) is 55.8 Å². The molecule has 1 atom stereocenters. The molecule has 1 unspecified atom stereocenters. The standard InChI is InChI=1S/C23H23FN2O4S/c1-3-28-15(2)23-25-18(13-31-23)11-22(27)26(19-7-5-17(24)6-8-19)12-16-4-9-20-21(10-16)30-14-29-20/h4-10,13,15H,3,11-12,14H2,1-2H3. The van der Waals surface area contributed by atoms with E-state index in [9.17, 15) is 9.18 Å². The molecule has 0 bridgehead atoms. The minimum atomic E-state index is -0.353. The third-order valence-electron chi connectivity index (χ3n) is 4.88. The molecule has 0 N–H and O–H groups in total. The fourth-order valence-electron chi connectivity index (χ4n) is 3.33. The molecule has 0 radical (unpaired) electrons. The molecule has 0 aliphatic carbocycles. The van der Waals surface area contributed by atoms with Crippen LogP contribution in [-0.4, -0.2) is 24.3 Å². The summed E-state index contributed by atoms with van der Waals surface area (Å²) in [7, 11) is 0. The summed E-state index contributed by atoms with van der Waals surface area (Å²) in [5.74, 6) is 0.846. The van der Waals surface area contributed by atoms with Crippen molar-refractivity contribution in [2.45, 2.75) is 32.9 Å². The number of ether oxygens (including phenoxy) is 3. The maximum Gasteiger partial charge on any atom is 0.233 e. The van der Waals surface area contributed by atoms with Crippen LogP contribution in [0.1, 0.15) is 36.2 Å². The Morgan fingerprint density at radius 3 is 2.77 bits per heavy atom. The number of anilines is 1. The van der Waals surface area contributed by atoms with Crippen molar-refractivity contribution < 1.29 is 23.4 Å². The van der Waals surface area contributed by atoms with Crippen molar-refractivity contribution in [2.24, 2.45) is 0 Å². The number of amides is 1. The number of thiazole rings is 1. The van der Waals surface area contributed by atoms with Crippen LogP contribution < -0.4 is 14.4 Å². The lowest BCUT2D eigenvalue weighted by atomic mass is 10.1. The van der Waals surface area contributed by atoms with Crippen LogP contribution in [-0.2, 0) is 22.5 Å². The number of carbonyl (C=O) groups is 1. The van der Waals surface area contributed by atoms with Crippen molar-refractivity contribution in [1.29, 1.82) is 0 Å². The lowest BCUT2D eigenvalue weighted by molar-refractivity contribution is -0.118. The Hall–Kier alpha value is -2.97. The van der Waals surface area contributed by atoms with Gasteiger partial charge in [-0.25, -0.2) is 9.37 Å². The lowest BCUT2D eigenvalue weighted by Crippen LogP contribution is -2.32. The Bertz CT molecular complexity index is 1050. The fraction of sp³-hybridized carbons (Fsp3) is 0.304. The minimum absolute atomic E-state index is 0.110. The molecule has 3 aromatic rings. The molecule has 1 aliphatic heterocycles. The molecule has 31 heavy (non-hydrogen) atoms. The van der Waals surface area contributed by atoms with E-state index in [1.54, 1.807) is 17.0 Å². The van der Waals surface area contributed by atoms with Crippen LogP contribution in [0.15, 0.2) is 47.8 Å². The number of aromatic nitrogens is 1. The second-order valence-corrected chi connectivity index (χ2v) is 7.99. The van der Waals surface area contributed by atoms with Crippen LogP contribution in [0.2, 0.25) is 0 Å². The van der Waals surface area contributed by atoms with Gasteiger partial charge >= 0.3 is 0 Å². The van der Waals surface area contributed by atoms with E-state index in [1.165, 1.54) is 23.5 Å². The Morgan fingerprint density at radius 1 is 1.23 bits per heavy atom. The first-order valence-corrected chi connectivity index (χ1v) is 10.9. The van der Waals surface area contributed by atoms with E-state index in [4.69, 9.17) is 14.2 Å². The SMILES string of the molecule is CCOC(C)c1nc(CC(=O)N(Cc2ccc3c(c2)OCO3)c2ccc(F)cc2)cs1. The highest BCUT2D eigenvalue weighted by Gasteiger charge is 2.21. The molecular weight excluding hydrogens is 419 g/mol. The number of hydrogen-bond acceptors (Lipinski definition) is 6. The lowest BCUT2D eigenvalue weighted by Gasteiger charge is -2.23. The Kier molecular flexibility index (Phi) is 6.48. The van der Waals surface area contributed by atoms with E-state index >= 15 is 0 Å². The van der Waals surface area contributed by atoms with Crippen LogP contribution in [0, 0.1) is 5.82 Å². The number of nitrogens with zero attached hydrogens (tertiary/aromatic N) is 2. The molecule has 0 saturated heterocycles. The van der Waals surface area contributed by atoms with Gasteiger partial charge in [0.15, 0.2) is 11.5 Å². The zero-order valence-corrected chi connectivity index (χ0v) is 18.2. The maximum absolute atomic E-state index is 13.5. The van der Waals surface area contributed by atoms with Crippen LogP contribution in [0.4, 0.5) is 10.1 Å². The summed E-state index contributed by atoms with van der Waals surface area (Å²) in [4.78, 5) is 19.4. The molecule has 1 aliphatic rings. The van der Waals surface area contributed by atoms with Gasteiger partial charge in [0.2, 0.25) is 12.7 Å². The van der Waals surface area contributed by atoms with Crippen LogP contribution in [0.25, 0.3) is 0 Å². The summed E-state index contributed by atoms with van der Waals surface area (Å²) in [6.45, 7) is 4.98. The highest BCUT2D eigenvalue weighted by Crippen LogP contribution is 2.33. The van der Waals surface area contributed by atoms with Crippen molar-refractivity contribution in [3.05, 3.63) is 69.9 Å². The van der Waals surface area contributed by atoms with Gasteiger partial charge < -0.3 is 19.1 Å². The molecule has 4 rings (SSSR count). The number of benzene rings is 2. The summed E-state index contributed by atoms with van der Waals surface area (Å²) in [6.07, 6.45) is 0.0257. The molecular formula is C23H23FN2O4S. The first-order valence-electron chi connectivity index (χ1n) is 10.0. The average molecular weight is 443 g/mol. The summed E-state index contributed by atoms with van der Waals surface area (Å²) in [6, 6.07) is 11.5. The van der Waals surface area contributed by atoms with Crippen LogP contribution in [0.5, 0.6) is 11.5 Å². The summed E-state index contributed by atoms with van der Waals surface area (Å²) < 4.78 is 29.9. The van der Waals surface area contributed by atoms with Crippen molar-refractivity contribution in [3.8, 4) is 11.5 Å². The number of hydrogen-bond donors (Lipinski definition) is 0. The van der Waals surface area contributed by atoms with Gasteiger partial charge in [-0.2, -0.15) is 0 Å². The molecule has 0 fully saturated rings. The van der Waals surface area contributed by atoms with Gasteiger partial charge in [0.25, 0.3) is 0 Å². The molecule has 6 nitrogen and oxygen atoms in total. The van der Waals surface area contributed by atoms with Gasteiger partial charge in [0.1, 0.15) is 16.9 Å². The number of fused-ring (bicyclic) bond motifs is 1. The smallest absolute Gasteiger partial charge is 0.233 e. The average Bonchev–Trinajstić information content (AvgIpc) is 3.42.